The number of aromatic nitrogens is 5. The van der Waals surface area contributed by atoms with Gasteiger partial charge < -0.3 is 25.4 Å². The fraction of sp³-hybridized carbons (Fsp3) is 0.364. The molecule has 4 rings (SSSR count). The van der Waals surface area contributed by atoms with Crippen molar-refractivity contribution in [3.05, 3.63) is 47.0 Å². The Labute approximate surface area is 195 Å². The molecule has 1 aromatic carbocycles. The van der Waals surface area contributed by atoms with E-state index in [4.69, 9.17) is 4.74 Å². The zero-order valence-electron chi connectivity index (χ0n) is 19.1. The lowest BCUT2D eigenvalue weighted by molar-refractivity contribution is 0.102. The fourth-order valence-electron chi connectivity index (χ4n) is 3.73. The first-order valence-corrected chi connectivity index (χ1v) is 10.8. The summed E-state index contributed by atoms with van der Waals surface area (Å²) < 4.78 is 6.93. The van der Waals surface area contributed by atoms with Crippen LogP contribution in [-0.4, -0.2) is 67.4 Å². The van der Waals surface area contributed by atoms with E-state index >= 15 is 0 Å². The largest absolute Gasteiger partial charge is 0.496 e. The predicted octanol–water partition coefficient (Wildman–Crippen LogP) is 1.59. The Morgan fingerprint density at radius 2 is 2.00 bits per heavy atom. The Hall–Kier alpha value is -4.06. The van der Waals surface area contributed by atoms with Gasteiger partial charge >= 0.3 is 6.03 Å². The molecule has 0 unspecified atom stereocenters. The Balaban J connectivity index is 1.57. The van der Waals surface area contributed by atoms with Gasteiger partial charge in [-0.2, -0.15) is 0 Å². The number of nitrogens with zero attached hydrogens (tertiary/aromatic N) is 6. The molecule has 0 bridgehead atoms. The summed E-state index contributed by atoms with van der Waals surface area (Å²) in [7, 11) is 1.50. The Kier molecular flexibility index (Phi) is 6.68. The maximum absolute atomic E-state index is 13.1. The van der Waals surface area contributed by atoms with Crippen LogP contribution in [0.3, 0.4) is 0 Å². The van der Waals surface area contributed by atoms with E-state index in [1.165, 1.54) is 11.8 Å². The smallest absolute Gasteiger partial charge is 0.317 e. The monoisotopic (exact) mass is 466 g/mol. The number of fused-ring (bicyclic) bond motifs is 1. The van der Waals surface area contributed by atoms with E-state index in [1.807, 2.05) is 6.92 Å². The molecule has 0 saturated carbocycles. The van der Waals surface area contributed by atoms with Gasteiger partial charge in [0, 0.05) is 19.6 Å². The molecule has 178 valence electrons. The lowest BCUT2D eigenvalue weighted by atomic mass is 10.0. The van der Waals surface area contributed by atoms with Crippen LogP contribution in [0.25, 0.3) is 11.5 Å². The third-order valence-electron chi connectivity index (χ3n) is 5.50. The minimum absolute atomic E-state index is 0.135. The molecular formula is C22H26N8O4. The number of carbonyl (C=O) groups excluding carboxylic acids is 2. The van der Waals surface area contributed by atoms with E-state index in [-0.39, 0.29) is 18.7 Å². The summed E-state index contributed by atoms with van der Waals surface area (Å²) >= 11 is 0. The number of pyridine rings is 1. The molecule has 3 amide bonds. The summed E-state index contributed by atoms with van der Waals surface area (Å²) in [4.78, 5) is 31.5. The number of urea groups is 1. The van der Waals surface area contributed by atoms with E-state index in [2.05, 4.69) is 31.1 Å². The van der Waals surface area contributed by atoms with Gasteiger partial charge in [0.15, 0.2) is 0 Å². The molecule has 3 heterocycles. The van der Waals surface area contributed by atoms with Gasteiger partial charge in [-0.05, 0) is 59.7 Å². The zero-order chi connectivity index (χ0) is 24.2. The lowest BCUT2D eigenvalue weighted by Gasteiger charge is -2.15. The average molecular weight is 467 g/mol. The standard InChI is InChI=1S/C22H26N8O4/c1-4-23-22(33)29-10-14-8-16(18(34-3)9-15(14)11-29)21(32)25-19-7-5-6-17(24-19)20-26-27-28-30(20)13(2)12-31/h5-9,13,31H,4,10-12H2,1-3H3,(H,23,33)(H,24,25,32)/t13-/m1/s1. The van der Waals surface area contributed by atoms with Gasteiger partial charge in [-0.1, -0.05) is 6.07 Å². The minimum atomic E-state index is -0.399. The van der Waals surface area contributed by atoms with E-state index in [0.29, 0.717) is 48.3 Å². The van der Waals surface area contributed by atoms with Crippen LogP contribution in [-0.2, 0) is 13.1 Å². The van der Waals surface area contributed by atoms with Crippen LogP contribution in [0.5, 0.6) is 5.75 Å². The molecule has 12 heteroatoms. The van der Waals surface area contributed by atoms with Gasteiger partial charge in [-0.15, -0.1) is 5.10 Å². The van der Waals surface area contributed by atoms with E-state index < -0.39 is 5.91 Å². The number of hydrogen-bond donors (Lipinski definition) is 3. The highest BCUT2D eigenvalue weighted by Crippen LogP contribution is 2.31. The molecule has 0 fully saturated rings. The molecule has 12 nitrogen and oxygen atoms in total. The molecule has 3 N–H and O–H groups in total. The number of rotatable bonds is 7. The van der Waals surface area contributed by atoms with Crippen molar-refractivity contribution >= 4 is 17.8 Å². The summed E-state index contributed by atoms with van der Waals surface area (Å²) in [5, 5.41) is 26.6. The van der Waals surface area contributed by atoms with Crippen molar-refractivity contribution in [3.8, 4) is 17.3 Å². The van der Waals surface area contributed by atoms with Crippen molar-refractivity contribution < 1.29 is 19.4 Å². The highest BCUT2D eigenvalue weighted by molar-refractivity contribution is 6.06. The molecule has 2 aromatic heterocycles. The molecule has 0 aliphatic carbocycles. The zero-order valence-corrected chi connectivity index (χ0v) is 19.1. The molecule has 0 spiro atoms. The molecule has 1 atom stereocenters. The Morgan fingerprint density at radius 3 is 2.71 bits per heavy atom. The SMILES string of the molecule is CCNC(=O)N1Cc2cc(OC)c(C(=O)Nc3cccc(-c4nnnn4[C@H](C)CO)n3)cc2C1. The van der Waals surface area contributed by atoms with Crippen LogP contribution in [0.1, 0.15) is 41.4 Å². The lowest BCUT2D eigenvalue weighted by Crippen LogP contribution is -2.36. The van der Waals surface area contributed by atoms with Crippen LogP contribution >= 0.6 is 0 Å². The van der Waals surface area contributed by atoms with Crippen LogP contribution in [0.15, 0.2) is 30.3 Å². The Morgan fingerprint density at radius 1 is 1.24 bits per heavy atom. The van der Waals surface area contributed by atoms with Crippen molar-refractivity contribution in [2.45, 2.75) is 33.0 Å². The van der Waals surface area contributed by atoms with Crippen LogP contribution in [0, 0.1) is 0 Å². The maximum Gasteiger partial charge on any atom is 0.317 e. The third-order valence-corrected chi connectivity index (χ3v) is 5.50. The van der Waals surface area contributed by atoms with Crippen molar-refractivity contribution in [1.82, 2.24) is 35.4 Å². The summed E-state index contributed by atoms with van der Waals surface area (Å²) in [5.41, 5.74) is 2.60. The quantitative estimate of drug-likeness (QED) is 0.476. The number of anilines is 1. The molecule has 1 aliphatic rings. The number of ether oxygens (including phenoxy) is 1. The molecule has 3 aromatic rings. The van der Waals surface area contributed by atoms with Crippen LogP contribution in [0.2, 0.25) is 0 Å². The summed E-state index contributed by atoms with van der Waals surface area (Å²) in [6, 6.07) is 8.15. The summed E-state index contributed by atoms with van der Waals surface area (Å²) in [6.45, 7) is 4.90. The number of carbonyl (C=O) groups is 2. The number of aliphatic hydroxyl groups is 1. The number of hydrogen-bond acceptors (Lipinski definition) is 8. The highest BCUT2D eigenvalue weighted by atomic mass is 16.5. The van der Waals surface area contributed by atoms with Crippen molar-refractivity contribution in [1.29, 1.82) is 0 Å². The van der Waals surface area contributed by atoms with Crippen LogP contribution in [0.4, 0.5) is 10.6 Å². The first kappa shape index (κ1) is 23.1. The normalized spacial score (nSPS) is 13.4. The van der Waals surface area contributed by atoms with Gasteiger partial charge in [0.2, 0.25) is 5.82 Å². The average Bonchev–Trinajstić information content (AvgIpc) is 3.50. The molecule has 0 radical (unpaired) electrons. The Bertz CT molecular complexity index is 1210. The second kappa shape index (κ2) is 9.83. The third kappa shape index (κ3) is 4.53. The van der Waals surface area contributed by atoms with Crippen molar-refractivity contribution in [2.75, 3.05) is 25.6 Å². The summed E-state index contributed by atoms with van der Waals surface area (Å²) in [5.74, 6) is 0.688. The summed E-state index contributed by atoms with van der Waals surface area (Å²) in [6.07, 6.45) is 0. The number of benzene rings is 1. The van der Waals surface area contributed by atoms with Crippen LogP contribution < -0.4 is 15.4 Å². The van der Waals surface area contributed by atoms with Gasteiger partial charge in [0.05, 0.1) is 25.3 Å². The molecule has 0 saturated heterocycles. The number of aliphatic hydroxyl groups excluding tert-OH is 1. The van der Waals surface area contributed by atoms with E-state index in [9.17, 15) is 14.7 Å². The van der Waals surface area contributed by atoms with Gasteiger partial charge in [-0.25, -0.2) is 14.5 Å². The van der Waals surface area contributed by atoms with E-state index in [1.54, 1.807) is 42.2 Å². The molecular weight excluding hydrogens is 440 g/mol. The molecule has 34 heavy (non-hydrogen) atoms. The highest BCUT2D eigenvalue weighted by Gasteiger charge is 2.26. The minimum Gasteiger partial charge on any atom is -0.496 e. The van der Waals surface area contributed by atoms with Gasteiger partial charge in [0.1, 0.15) is 17.3 Å². The van der Waals surface area contributed by atoms with Gasteiger partial charge in [0.25, 0.3) is 5.91 Å². The number of tetrazole rings is 1. The van der Waals surface area contributed by atoms with Gasteiger partial charge in [-0.3, -0.25) is 4.79 Å². The van der Waals surface area contributed by atoms with E-state index in [0.717, 1.165) is 11.1 Å². The molecule has 1 aliphatic heterocycles. The topological polar surface area (TPSA) is 147 Å². The number of nitrogens with one attached hydrogen (secondary N) is 2. The van der Waals surface area contributed by atoms with Crippen molar-refractivity contribution in [3.63, 3.8) is 0 Å². The first-order chi connectivity index (χ1) is 16.4. The van der Waals surface area contributed by atoms with Crippen molar-refractivity contribution in [2.24, 2.45) is 0 Å². The first-order valence-electron chi connectivity index (χ1n) is 10.8. The fourth-order valence-corrected chi connectivity index (χ4v) is 3.73. The maximum atomic E-state index is 13.1. The second-order valence-electron chi connectivity index (χ2n) is 7.85. The number of amides is 3. The predicted molar refractivity (Wildman–Crippen MR) is 122 cm³/mol. The number of methoxy groups -OCH3 is 1. The second-order valence-corrected chi connectivity index (χ2v) is 7.85.